The standard InChI is InChI=1S/C19H22N2O3/c1-13-6-7-15(18(23)12-13)19(24)20-16-4-2-3-5-17(16)21-10-8-14(22)9-11-21/h2-7,12,14,22-23H,8-11H2,1H3,(H,20,24). The quantitative estimate of drug-likeness (QED) is 0.811. The Kier molecular flexibility index (Phi) is 4.71. The van der Waals surface area contributed by atoms with Gasteiger partial charge in [0, 0.05) is 13.1 Å². The third kappa shape index (κ3) is 3.51. The molecule has 1 heterocycles. The number of anilines is 2. The van der Waals surface area contributed by atoms with Crippen LogP contribution in [-0.4, -0.2) is 35.3 Å². The van der Waals surface area contributed by atoms with Crippen molar-refractivity contribution < 1.29 is 15.0 Å². The van der Waals surface area contributed by atoms with Crippen LogP contribution in [0.2, 0.25) is 0 Å². The molecule has 1 saturated heterocycles. The highest BCUT2D eigenvalue weighted by molar-refractivity contribution is 6.07. The number of nitrogens with one attached hydrogen (secondary N) is 1. The van der Waals surface area contributed by atoms with E-state index in [9.17, 15) is 15.0 Å². The normalized spacial score (nSPS) is 15.3. The minimum absolute atomic E-state index is 0.0222. The minimum Gasteiger partial charge on any atom is -0.507 e. The Morgan fingerprint density at radius 1 is 1.17 bits per heavy atom. The van der Waals surface area contributed by atoms with Crippen molar-refractivity contribution in [3.63, 3.8) is 0 Å². The van der Waals surface area contributed by atoms with Gasteiger partial charge in [-0.05, 0) is 49.6 Å². The Bertz CT molecular complexity index is 737. The fourth-order valence-electron chi connectivity index (χ4n) is 2.99. The van der Waals surface area contributed by atoms with Gasteiger partial charge in [0.1, 0.15) is 5.75 Å². The molecule has 0 spiro atoms. The summed E-state index contributed by atoms with van der Waals surface area (Å²) in [5, 5.41) is 22.5. The molecule has 3 N–H and O–H groups in total. The molecule has 2 aromatic rings. The number of hydrogen-bond donors (Lipinski definition) is 3. The lowest BCUT2D eigenvalue weighted by Gasteiger charge is -2.32. The average Bonchev–Trinajstić information content (AvgIpc) is 2.56. The van der Waals surface area contributed by atoms with Crippen LogP contribution in [0.25, 0.3) is 0 Å². The predicted octanol–water partition coefficient (Wildman–Crippen LogP) is 2.91. The maximum Gasteiger partial charge on any atom is 0.259 e. The fraction of sp³-hybridized carbons (Fsp3) is 0.316. The predicted molar refractivity (Wildman–Crippen MR) is 94.7 cm³/mol. The van der Waals surface area contributed by atoms with Gasteiger partial charge in [0.15, 0.2) is 0 Å². The number of aryl methyl sites for hydroxylation is 1. The zero-order valence-electron chi connectivity index (χ0n) is 13.7. The third-order valence-corrected chi connectivity index (χ3v) is 4.36. The number of phenols is 1. The molecule has 5 heteroatoms. The van der Waals surface area contributed by atoms with Gasteiger partial charge in [-0.15, -0.1) is 0 Å². The van der Waals surface area contributed by atoms with Crippen LogP contribution in [-0.2, 0) is 0 Å². The number of para-hydroxylation sites is 2. The summed E-state index contributed by atoms with van der Waals surface area (Å²) in [6.45, 7) is 3.37. The van der Waals surface area contributed by atoms with E-state index in [2.05, 4.69) is 10.2 Å². The van der Waals surface area contributed by atoms with E-state index in [1.165, 1.54) is 0 Å². The van der Waals surface area contributed by atoms with Gasteiger partial charge >= 0.3 is 0 Å². The van der Waals surface area contributed by atoms with Gasteiger partial charge < -0.3 is 20.4 Å². The van der Waals surface area contributed by atoms with Crippen molar-refractivity contribution in [1.29, 1.82) is 0 Å². The zero-order chi connectivity index (χ0) is 17.1. The number of carbonyl (C=O) groups excluding carboxylic acids is 1. The molecule has 5 nitrogen and oxygen atoms in total. The summed E-state index contributed by atoms with van der Waals surface area (Å²) in [7, 11) is 0. The smallest absolute Gasteiger partial charge is 0.259 e. The molecule has 1 aliphatic heterocycles. The number of aliphatic hydroxyl groups is 1. The number of benzene rings is 2. The largest absolute Gasteiger partial charge is 0.507 e. The first-order chi connectivity index (χ1) is 11.5. The molecule has 0 aromatic heterocycles. The van der Waals surface area contributed by atoms with Crippen LogP contribution in [0.3, 0.4) is 0 Å². The van der Waals surface area contributed by atoms with Gasteiger partial charge in [-0.25, -0.2) is 0 Å². The summed E-state index contributed by atoms with van der Waals surface area (Å²) >= 11 is 0. The van der Waals surface area contributed by atoms with Crippen LogP contribution in [0, 0.1) is 6.92 Å². The van der Waals surface area contributed by atoms with Crippen LogP contribution in [0.15, 0.2) is 42.5 Å². The van der Waals surface area contributed by atoms with Crippen LogP contribution in [0.1, 0.15) is 28.8 Å². The van der Waals surface area contributed by atoms with E-state index in [0.29, 0.717) is 5.69 Å². The van der Waals surface area contributed by atoms with Crippen LogP contribution < -0.4 is 10.2 Å². The van der Waals surface area contributed by atoms with Crippen molar-refractivity contribution in [3.05, 3.63) is 53.6 Å². The highest BCUT2D eigenvalue weighted by Crippen LogP contribution is 2.29. The number of aromatic hydroxyl groups is 1. The minimum atomic E-state index is -0.336. The summed E-state index contributed by atoms with van der Waals surface area (Å²) in [5.41, 5.74) is 2.80. The lowest BCUT2D eigenvalue weighted by molar-refractivity contribution is 0.102. The van der Waals surface area contributed by atoms with Gasteiger partial charge in [-0.2, -0.15) is 0 Å². The molecule has 1 fully saturated rings. The van der Waals surface area contributed by atoms with Gasteiger partial charge in [0.2, 0.25) is 0 Å². The molecule has 2 aromatic carbocycles. The molecular formula is C19H22N2O3. The topological polar surface area (TPSA) is 72.8 Å². The molecule has 126 valence electrons. The third-order valence-electron chi connectivity index (χ3n) is 4.36. The number of nitrogens with zero attached hydrogens (tertiary/aromatic N) is 1. The van der Waals surface area contributed by atoms with Crippen molar-refractivity contribution in [2.75, 3.05) is 23.3 Å². The summed E-state index contributed by atoms with van der Waals surface area (Å²) in [5.74, 6) is -0.358. The lowest BCUT2D eigenvalue weighted by atomic mass is 10.1. The number of hydrogen-bond acceptors (Lipinski definition) is 4. The molecule has 24 heavy (non-hydrogen) atoms. The maximum atomic E-state index is 12.5. The molecule has 0 aliphatic carbocycles. The summed E-state index contributed by atoms with van der Waals surface area (Å²) in [4.78, 5) is 14.7. The first-order valence-corrected chi connectivity index (χ1v) is 8.17. The monoisotopic (exact) mass is 326 g/mol. The lowest BCUT2D eigenvalue weighted by Crippen LogP contribution is -2.36. The highest BCUT2D eigenvalue weighted by Gasteiger charge is 2.20. The van der Waals surface area contributed by atoms with Crippen molar-refractivity contribution in [2.24, 2.45) is 0 Å². The molecule has 0 atom stereocenters. The zero-order valence-corrected chi connectivity index (χ0v) is 13.7. The highest BCUT2D eigenvalue weighted by atomic mass is 16.3. The van der Waals surface area contributed by atoms with Crippen molar-refractivity contribution in [3.8, 4) is 5.75 Å². The van der Waals surface area contributed by atoms with E-state index in [1.807, 2.05) is 31.2 Å². The molecular weight excluding hydrogens is 304 g/mol. The number of amides is 1. The van der Waals surface area contributed by atoms with E-state index < -0.39 is 0 Å². The molecule has 0 unspecified atom stereocenters. The molecule has 1 amide bonds. The number of carbonyl (C=O) groups is 1. The van der Waals surface area contributed by atoms with Crippen LogP contribution in [0.5, 0.6) is 5.75 Å². The van der Waals surface area contributed by atoms with Crippen LogP contribution in [0.4, 0.5) is 11.4 Å². The van der Waals surface area contributed by atoms with E-state index in [4.69, 9.17) is 0 Å². The van der Waals surface area contributed by atoms with E-state index >= 15 is 0 Å². The van der Waals surface area contributed by atoms with Crippen molar-refractivity contribution in [2.45, 2.75) is 25.9 Å². The van der Waals surface area contributed by atoms with Crippen molar-refractivity contribution in [1.82, 2.24) is 0 Å². The van der Waals surface area contributed by atoms with E-state index in [-0.39, 0.29) is 23.3 Å². The van der Waals surface area contributed by atoms with Crippen molar-refractivity contribution >= 4 is 17.3 Å². The summed E-state index contributed by atoms with van der Waals surface area (Å²) in [6, 6.07) is 12.6. The van der Waals surface area contributed by atoms with E-state index in [0.717, 1.165) is 37.2 Å². The second-order valence-electron chi connectivity index (χ2n) is 6.21. The Morgan fingerprint density at radius 3 is 2.58 bits per heavy atom. The molecule has 3 rings (SSSR count). The number of piperidine rings is 1. The Labute approximate surface area is 141 Å². The maximum absolute atomic E-state index is 12.5. The Balaban J connectivity index is 1.81. The Hall–Kier alpha value is -2.53. The number of rotatable bonds is 3. The molecule has 0 radical (unpaired) electrons. The first kappa shape index (κ1) is 16.3. The molecule has 0 bridgehead atoms. The summed E-state index contributed by atoms with van der Waals surface area (Å²) < 4.78 is 0. The van der Waals surface area contributed by atoms with E-state index in [1.54, 1.807) is 18.2 Å². The van der Waals surface area contributed by atoms with Gasteiger partial charge in [-0.3, -0.25) is 4.79 Å². The average molecular weight is 326 g/mol. The SMILES string of the molecule is Cc1ccc(C(=O)Nc2ccccc2N2CCC(O)CC2)c(O)c1. The second-order valence-corrected chi connectivity index (χ2v) is 6.21. The first-order valence-electron chi connectivity index (χ1n) is 8.17. The second kappa shape index (κ2) is 6.93. The fourth-order valence-corrected chi connectivity index (χ4v) is 2.99. The summed E-state index contributed by atoms with van der Waals surface area (Å²) in [6.07, 6.45) is 1.20. The van der Waals surface area contributed by atoms with Crippen LogP contribution >= 0.6 is 0 Å². The molecule has 0 saturated carbocycles. The van der Waals surface area contributed by atoms with Gasteiger partial charge in [0.05, 0.1) is 23.0 Å². The number of phenolic OH excluding ortho intramolecular Hbond substituents is 1. The molecule has 1 aliphatic rings. The van der Waals surface area contributed by atoms with Gasteiger partial charge in [0.25, 0.3) is 5.91 Å². The Morgan fingerprint density at radius 2 is 1.88 bits per heavy atom. The number of aliphatic hydroxyl groups excluding tert-OH is 1. The van der Waals surface area contributed by atoms with Gasteiger partial charge in [-0.1, -0.05) is 18.2 Å².